The van der Waals surface area contributed by atoms with Crippen LogP contribution in [0.25, 0.3) is 0 Å². The number of carbonyl (C=O) groups is 3. The summed E-state index contributed by atoms with van der Waals surface area (Å²) in [4.78, 5) is 46.5. The van der Waals surface area contributed by atoms with Gasteiger partial charge >= 0.3 is 0 Å². The predicted octanol–water partition coefficient (Wildman–Crippen LogP) is 4.70. The monoisotopic (exact) mass is 532 g/mol. The molecule has 1 aromatic heterocycles. The van der Waals surface area contributed by atoms with Gasteiger partial charge in [-0.3, -0.25) is 19.4 Å². The Hall–Kier alpha value is -4.62. The van der Waals surface area contributed by atoms with Gasteiger partial charge in [0.15, 0.2) is 0 Å². The third kappa shape index (κ3) is 3.20. The summed E-state index contributed by atoms with van der Waals surface area (Å²) in [5.41, 5.74) is 5.99. The van der Waals surface area contributed by atoms with Crippen molar-refractivity contribution in [3.8, 4) is 0 Å². The predicted molar refractivity (Wildman–Crippen MR) is 147 cm³/mol. The summed E-state index contributed by atoms with van der Waals surface area (Å²) in [5, 5.41) is 4.74. The number of hydrogen-bond acceptors (Lipinski definition) is 5. The van der Waals surface area contributed by atoms with E-state index in [1.54, 1.807) is 48.8 Å². The summed E-state index contributed by atoms with van der Waals surface area (Å²) in [7, 11) is 0. The number of nitrogens with zero attached hydrogens (tertiary/aromatic N) is 3. The van der Waals surface area contributed by atoms with Crippen molar-refractivity contribution in [2.24, 2.45) is 16.9 Å². The standard InChI is InChI=1S/C31H21ClN4O3/c32-23-13-5-6-14-24(23)36-29(38)26-25-19-9-1-3-11-21(19)31(27(26)30(36)39,22-12-4-2-10-20(22)25)17-34-35-28(37)18-8-7-15-33-16-18/h1-17,25-27H,(H,35,37)/b34-17-/t25?,26-,27+,31?/m0/s1. The summed E-state index contributed by atoms with van der Waals surface area (Å²) in [6.07, 6.45) is 4.67. The zero-order chi connectivity index (χ0) is 26.7. The van der Waals surface area contributed by atoms with Crippen molar-refractivity contribution < 1.29 is 14.4 Å². The van der Waals surface area contributed by atoms with Crippen molar-refractivity contribution >= 4 is 41.2 Å². The first-order valence-corrected chi connectivity index (χ1v) is 13.0. The summed E-state index contributed by atoms with van der Waals surface area (Å²) in [6.45, 7) is 0. The van der Waals surface area contributed by atoms with Gasteiger partial charge in [0.1, 0.15) is 0 Å². The van der Waals surface area contributed by atoms with Gasteiger partial charge < -0.3 is 0 Å². The fraction of sp³-hybridized carbons (Fsp3) is 0.129. The molecule has 1 fully saturated rings. The number of halogens is 1. The van der Waals surface area contributed by atoms with Crippen LogP contribution in [0.5, 0.6) is 0 Å². The van der Waals surface area contributed by atoms with Crippen LogP contribution >= 0.6 is 11.6 Å². The maximum atomic E-state index is 14.3. The second kappa shape index (κ2) is 8.71. The number of amides is 3. The van der Waals surface area contributed by atoms with Crippen molar-refractivity contribution in [1.82, 2.24) is 10.4 Å². The average molecular weight is 533 g/mol. The third-order valence-electron chi connectivity index (χ3n) is 8.14. The Balaban J connectivity index is 1.43. The lowest BCUT2D eigenvalue weighted by molar-refractivity contribution is -0.122. The molecule has 7 nitrogen and oxygen atoms in total. The highest BCUT2D eigenvalue weighted by Gasteiger charge is 2.68. The van der Waals surface area contributed by atoms with Crippen molar-refractivity contribution in [2.45, 2.75) is 11.3 Å². The molecule has 1 saturated heterocycles. The Kier molecular flexibility index (Phi) is 5.25. The second-order valence-corrected chi connectivity index (χ2v) is 10.3. The van der Waals surface area contributed by atoms with E-state index in [1.165, 1.54) is 11.1 Å². The molecule has 4 aliphatic rings. The molecule has 8 heteroatoms. The van der Waals surface area contributed by atoms with Gasteiger partial charge in [0.25, 0.3) is 5.91 Å². The number of anilines is 1. The van der Waals surface area contributed by atoms with E-state index in [2.05, 4.69) is 15.5 Å². The largest absolute Gasteiger partial charge is 0.274 e. The first-order chi connectivity index (χ1) is 19.0. The molecule has 190 valence electrons. The fourth-order valence-corrected chi connectivity index (χ4v) is 6.89. The van der Waals surface area contributed by atoms with E-state index in [-0.39, 0.29) is 17.7 Å². The number of rotatable bonds is 4. The van der Waals surface area contributed by atoms with Gasteiger partial charge in [-0.15, -0.1) is 0 Å². The Morgan fingerprint density at radius 2 is 1.56 bits per heavy atom. The number of nitrogens with one attached hydrogen (secondary N) is 1. The van der Waals surface area contributed by atoms with E-state index < -0.39 is 23.2 Å². The highest BCUT2D eigenvalue weighted by Crippen LogP contribution is 2.63. The maximum absolute atomic E-state index is 14.3. The van der Waals surface area contributed by atoms with Crippen LogP contribution in [0.4, 0.5) is 5.69 Å². The maximum Gasteiger partial charge on any atom is 0.272 e. The number of hydrazone groups is 1. The average Bonchev–Trinajstić information content (AvgIpc) is 3.24. The minimum Gasteiger partial charge on any atom is -0.274 e. The topological polar surface area (TPSA) is 91.7 Å². The first kappa shape index (κ1) is 23.5. The van der Waals surface area contributed by atoms with Gasteiger partial charge in [-0.2, -0.15) is 5.10 Å². The van der Waals surface area contributed by atoms with Gasteiger partial charge in [-0.1, -0.05) is 72.3 Å². The SMILES string of the molecule is O=C(N/N=C\C12c3ccccc3C(c3ccccc31)[C@@H]1C(=O)N(c3ccccc3Cl)C(=O)[C@@H]12)c1cccnc1. The van der Waals surface area contributed by atoms with E-state index in [4.69, 9.17) is 11.6 Å². The number of aromatic nitrogens is 1. The smallest absolute Gasteiger partial charge is 0.272 e. The van der Waals surface area contributed by atoms with Gasteiger partial charge in [0.05, 0.1) is 33.5 Å². The minimum absolute atomic E-state index is 0.288. The molecule has 3 amide bonds. The molecular formula is C31H21ClN4O3. The van der Waals surface area contributed by atoms with Crippen LogP contribution in [-0.2, 0) is 15.0 Å². The van der Waals surface area contributed by atoms with Crippen LogP contribution < -0.4 is 10.3 Å². The minimum atomic E-state index is -1.09. The Morgan fingerprint density at radius 3 is 2.23 bits per heavy atom. The molecule has 1 N–H and O–H groups in total. The second-order valence-electron chi connectivity index (χ2n) is 9.93. The molecule has 8 rings (SSSR count). The first-order valence-electron chi connectivity index (χ1n) is 12.6. The molecule has 4 aromatic rings. The van der Waals surface area contributed by atoms with E-state index in [1.807, 2.05) is 48.5 Å². The molecule has 39 heavy (non-hydrogen) atoms. The normalized spacial score (nSPS) is 24.4. The molecule has 2 atom stereocenters. The lowest BCUT2D eigenvalue weighted by Gasteiger charge is -2.52. The van der Waals surface area contributed by atoms with E-state index >= 15 is 0 Å². The molecule has 0 saturated carbocycles. The van der Waals surface area contributed by atoms with Gasteiger partial charge in [-0.25, -0.2) is 10.3 Å². The van der Waals surface area contributed by atoms with Gasteiger partial charge in [-0.05, 0) is 46.5 Å². The van der Waals surface area contributed by atoms with E-state index in [0.29, 0.717) is 16.3 Å². The lowest BCUT2D eigenvalue weighted by Crippen LogP contribution is -2.54. The third-order valence-corrected chi connectivity index (χ3v) is 8.45. The van der Waals surface area contributed by atoms with Crippen LogP contribution in [0.1, 0.15) is 38.5 Å². The highest BCUT2D eigenvalue weighted by molar-refractivity contribution is 6.36. The number of carbonyl (C=O) groups excluding carboxylic acids is 3. The molecule has 0 unspecified atom stereocenters. The van der Waals surface area contributed by atoms with E-state index in [0.717, 1.165) is 22.3 Å². The molecule has 0 spiro atoms. The molecule has 1 aliphatic heterocycles. The molecule has 2 bridgehead atoms. The fourth-order valence-electron chi connectivity index (χ4n) is 6.67. The summed E-state index contributed by atoms with van der Waals surface area (Å²) >= 11 is 6.49. The van der Waals surface area contributed by atoms with Crippen molar-refractivity contribution in [1.29, 1.82) is 0 Å². The molecule has 3 aliphatic carbocycles. The number of benzene rings is 3. The van der Waals surface area contributed by atoms with Gasteiger partial charge in [0, 0.05) is 24.5 Å². The summed E-state index contributed by atoms with van der Waals surface area (Å²) in [5.74, 6) is -2.77. The number of para-hydroxylation sites is 1. The lowest BCUT2D eigenvalue weighted by atomic mass is 9.47. The summed E-state index contributed by atoms with van der Waals surface area (Å²) in [6, 6.07) is 25.9. The summed E-state index contributed by atoms with van der Waals surface area (Å²) < 4.78 is 0. The Morgan fingerprint density at radius 1 is 0.897 bits per heavy atom. The van der Waals surface area contributed by atoms with E-state index in [9.17, 15) is 14.4 Å². The van der Waals surface area contributed by atoms with Gasteiger partial charge in [0.2, 0.25) is 11.8 Å². The Labute approximate surface area is 229 Å². The molecule has 3 aromatic carbocycles. The molecular weight excluding hydrogens is 512 g/mol. The zero-order valence-electron chi connectivity index (χ0n) is 20.5. The van der Waals surface area contributed by atoms with Crippen molar-refractivity contribution in [3.63, 3.8) is 0 Å². The van der Waals surface area contributed by atoms with Crippen LogP contribution in [0.3, 0.4) is 0 Å². The van der Waals surface area contributed by atoms with Crippen molar-refractivity contribution in [2.75, 3.05) is 4.90 Å². The quantitative estimate of drug-likeness (QED) is 0.234. The highest BCUT2D eigenvalue weighted by atomic mass is 35.5. The van der Waals surface area contributed by atoms with Crippen LogP contribution in [-0.4, -0.2) is 28.9 Å². The Bertz CT molecular complexity index is 1660. The number of pyridine rings is 1. The van der Waals surface area contributed by atoms with Crippen LogP contribution in [0.15, 0.2) is 102 Å². The zero-order valence-corrected chi connectivity index (χ0v) is 21.2. The number of hydrogen-bond donors (Lipinski definition) is 1. The van der Waals surface area contributed by atoms with Crippen LogP contribution in [0, 0.1) is 11.8 Å². The number of imide groups is 1. The van der Waals surface area contributed by atoms with Crippen molar-refractivity contribution in [3.05, 3.63) is 130 Å². The molecule has 0 radical (unpaired) electrons. The molecule has 2 heterocycles. The van der Waals surface area contributed by atoms with Crippen LogP contribution in [0.2, 0.25) is 5.02 Å².